The summed E-state index contributed by atoms with van der Waals surface area (Å²) in [5, 5.41) is 4.71. The fourth-order valence-corrected chi connectivity index (χ4v) is 4.35. The molecule has 172 valence electrons. The third-order valence-corrected chi connectivity index (χ3v) is 6.64. The van der Waals surface area contributed by atoms with Gasteiger partial charge >= 0.3 is 6.18 Å². The molecule has 0 aromatic heterocycles. The molecule has 0 bridgehead atoms. The van der Waals surface area contributed by atoms with Crippen molar-refractivity contribution in [1.82, 2.24) is 5.32 Å². The van der Waals surface area contributed by atoms with Crippen LogP contribution in [0.15, 0.2) is 35.2 Å². The van der Waals surface area contributed by atoms with Gasteiger partial charge in [-0.15, -0.1) is 0 Å². The third kappa shape index (κ3) is 4.37. The first kappa shape index (κ1) is 23.8. The van der Waals surface area contributed by atoms with Gasteiger partial charge in [-0.3, -0.25) is 14.3 Å². The van der Waals surface area contributed by atoms with E-state index in [1.165, 1.54) is 6.92 Å². The van der Waals surface area contributed by atoms with Crippen molar-refractivity contribution < 1.29 is 35.6 Å². The van der Waals surface area contributed by atoms with Crippen LogP contribution in [0.4, 0.5) is 28.9 Å². The zero-order valence-electron chi connectivity index (χ0n) is 16.5. The van der Waals surface area contributed by atoms with Crippen molar-refractivity contribution in [1.29, 1.82) is 0 Å². The summed E-state index contributed by atoms with van der Waals surface area (Å²) in [6.07, 6.45) is -4.58. The lowest BCUT2D eigenvalue weighted by Crippen LogP contribution is -2.52. The van der Waals surface area contributed by atoms with Crippen molar-refractivity contribution in [2.24, 2.45) is 0 Å². The molecule has 2 amide bonds. The van der Waals surface area contributed by atoms with E-state index in [1.807, 2.05) is 4.72 Å². The van der Waals surface area contributed by atoms with Crippen molar-refractivity contribution in [2.45, 2.75) is 36.9 Å². The van der Waals surface area contributed by atoms with Gasteiger partial charge in [0.2, 0.25) is 5.91 Å². The number of hydrogen-bond acceptors (Lipinski definition) is 4. The average molecular weight is 494 g/mol. The molecular formula is C19H16ClF4N3O4S. The topological polar surface area (TPSA) is 104 Å². The third-order valence-electron chi connectivity index (χ3n) is 5.00. The monoisotopic (exact) mass is 493 g/mol. The fourth-order valence-electron chi connectivity index (χ4n) is 2.90. The molecule has 3 rings (SSSR count). The minimum Gasteiger partial charge on any atom is -0.338 e. The minimum absolute atomic E-state index is 0.106. The number of benzene rings is 2. The number of amides is 2. The maximum Gasteiger partial charge on any atom is 0.416 e. The van der Waals surface area contributed by atoms with Gasteiger partial charge in [0.15, 0.2) is 0 Å². The number of halogens is 5. The number of anilines is 2. The summed E-state index contributed by atoms with van der Waals surface area (Å²) in [7, 11) is -4.57. The van der Waals surface area contributed by atoms with Crippen molar-refractivity contribution >= 4 is 44.8 Å². The lowest BCUT2D eigenvalue weighted by Gasteiger charge is -2.25. The molecule has 1 aliphatic rings. The van der Waals surface area contributed by atoms with Gasteiger partial charge in [0.1, 0.15) is 11.4 Å². The minimum atomic E-state index is -4.81. The van der Waals surface area contributed by atoms with Gasteiger partial charge < -0.3 is 10.6 Å². The molecule has 0 aliphatic carbocycles. The smallest absolute Gasteiger partial charge is 0.338 e. The van der Waals surface area contributed by atoms with Gasteiger partial charge in [-0.05, 0) is 43.7 Å². The van der Waals surface area contributed by atoms with E-state index >= 15 is 0 Å². The lowest BCUT2D eigenvalue weighted by molar-refractivity contribution is -0.137. The largest absolute Gasteiger partial charge is 0.416 e. The summed E-state index contributed by atoms with van der Waals surface area (Å²) in [5.41, 5.74) is -3.67. The van der Waals surface area contributed by atoms with Crippen molar-refractivity contribution in [3.63, 3.8) is 0 Å². The second-order valence-electron chi connectivity index (χ2n) is 7.22. The van der Waals surface area contributed by atoms with Crippen LogP contribution < -0.4 is 15.4 Å². The first-order valence-corrected chi connectivity index (χ1v) is 10.9. The van der Waals surface area contributed by atoms with Crippen molar-refractivity contribution in [3.05, 3.63) is 52.3 Å². The SMILES string of the molecule is CCC1(C)NC(=O)c2cc(S(=O)(=O)Nc3ccc(C(F)(F)F)cc3F)cc(Cl)c2NC1=O. The van der Waals surface area contributed by atoms with Crippen molar-refractivity contribution in [2.75, 3.05) is 10.0 Å². The zero-order chi connectivity index (χ0) is 24.1. The van der Waals surface area contributed by atoms with Crippen LogP contribution in [0.5, 0.6) is 0 Å². The summed E-state index contributed by atoms with van der Waals surface area (Å²) < 4.78 is 79.5. The quantitative estimate of drug-likeness (QED) is 0.556. The number of alkyl halides is 3. The number of sulfonamides is 1. The Balaban J connectivity index is 2.01. The molecular weight excluding hydrogens is 478 g/mol. The normalized spacial score (nSPS) is 19.0. The first-order chi connectivity index (χ1) is 14.7. The Hall–Kier alpha value is -2.86. The van der Waals surface area contributed by atoms with E-state index in [0.717, 1.165) is 12.1 Å². The molecule has 0 saturated carbocycles. The van der Waals surface area contributed by atoms with Crippen LogP contribution in [-0.4, -0.2) is 25.8 Å². The highest BCUT2D eigenvalue weighted by Gasteiger charge is 2.38. The molecule has 1 aliphatic heterocycles. The molecule has 2 aromatic carbocycles. The van der Waals surface area contributed by atoms with Gasteiger partial charge in [-0.25, -0.2) is 12.8 Å². The number of fused-ring (bicyclic) bond motifs is 1. The number of carbonyl (C=O) groups is 2. The molecule has 2 aromatic rings. The summed E-state index contributed by atoms with van der Waals surface area (Å²) in [6, 6.07) is 3.13. The van der Waals surface area contributed by atoms with E-state index in [0.29, 0.717) is 12.1 Å². The Morgan fingerprint density at radius 3 is 2.38 bits per heavy atom. The Morgan fingerprint density at radius 1 is 1.16 bits per heavy atom. The van der Waals surface area contributed by atoms with Crippen LogP contribution in [0.2, 0.25) is 5.02 Å². The van der Waals surface area contributed by atoms with Crippen LogP contribution in [0.1, 0.15) is 36.2 Å². The summed E-state index contributed by atoms with van der Waals surface area (Å²) in [5.74, 6) is -2.79. The Labute approximate surface area is 185 Å². The molecule has 0 radical (unpaired) electrons. The zero-order valence-corrected chi connectivity index (χ0v) is 18.1. The van der Waals surface area contributed by atoms with Crippen LogP contribution in [-0.2, 0) is 21.0 Å². The summed E-state index contributed by atoms with van der Waals surface area (Å²) >= 11 is 6.11. The second-order valence-corrected chi connectivity index (χ2v) is 9.31. The summed E-state index contributed by atoms with van der Waals surface area (Å²) in [6.45, 7) is 3.14. The van der Waals surface area contributed by atoms with Gasteiger partial charge in [0, 0.05) is 0 Å². The molecule has 1 unspecified atom stereocenters. The van der Waals surface area contributed by atoms with E-state index in [1.54, 1.807) is 6.92 Å². The molecule has 3 N–H and O–H groups in total. The highest BCUT2D eigenvalue weighted by Crippen LogP contribution is 2.35. The van der Waals surface area contributed by atoms with E-state index in [9.17, 15) is 35.6 Å². The molecule has 0 saturated heterocycles. The number of hydrogen-bond donors (Lipinski definition) is 3. The molecule has 0 spiro atoms. The molecule has 32 heavy (non-hydrogen) atoms. The highest BCUT2D eigenvalue weighted by atomic mass is 35.5. The molecule has 13 heteroatoms. The van der Waals surface area contributed by atoms with Gasteiger partial charge in [0.05, 0.1) is 32.4 Å². The lowest BCUT2D eigenvalue weighted by atomic mass is 9.98. The summed E-state index contributed by atoms with van der Waals surface area (Å²) in [4.78, 5) is 24.5. The van der Waals surface area contributed by atoms with Crippen molar-refractivity contribution in [3.8, 4) is 0 Å². The van der Waals surface area contributed by atoms with Crippen LogP contribution in [0, 0.1) is 5.82 Å². The molecule has 0 fully saturated rings. The second kappa shape index (κ2) is 7.93. The highest BCUT2D eigenvalue weighted by molar-refractivity contribution is 7.92. The first-order valence-electron chi connectivity index (χ1n) is 9.05. The van der Waals surface area contributed by atoms with Gasteiger partial charge in [-0.2, -0.15) is 13.2 Å². The molecule has 1 atom stereocenters. The van der Waals surface area contributed by atoms with Crippen LogP contribution in [0.25, 0.3) is 0 Å². The van der Waals surface area contributed by atoms with Crippen LogP contribution in [0.3, 0.4) is 0 Å². The standard InChI is InChI=1S/C19H16ClF4N3O4S/c1-3-18(2)17(29)25-15-11(16(28)26-18)7-10(8-12(15)20)32(30,31)27-14-5-4-9(6-13(14)21)19(22,23)24/h4-8,27H,3H2,1-2H3,(H,25,29)(H,26,28). The molecule has 1 heterocycles. The van der Waals surface area contributed by atoms with Gasteiger partial charge in [-0.1, -0.05) is 18.5 Å². The van der Waals surface area contributed by atoms with Crippen LogP contribution >= 0.6 is 11.6 Å². The van der Waals surface area contributed by atoms with Gasteiger partial charge in [0.25, 0.3) is 15.9 Å². The Bertz CT molecular complexity index is 1230. The maximum atomic E-state index is 14.1. The average Bonchev–Trinajstić information content (AvgIpc) is 2.78. The predicted molar refractivity (Wildman–Crippen MR) is 108 cm³/mol. The Morgan fingerprint density at radius 2 is 1.81 bits per heavy atom. The van der Waals surface area contributed by atoms with E-state index in [2.05, 4.69) is 10.6 Å². The number of rotatable bonds is 4. The van der Waals surface area contributed by atoms with E-state index in [-0.39, 0.29) is 28.8 Å². The van der Waals surface area contributed by atoms with E-state index in [4.69, 9.17) is 11.6 Å². The number of carbonyl (C=O) groups excluding carboxylic acids is 2. The Kier molecular flexibility index (Phi) is 5.89. The predicted octanol–water partition coefficient (Wildman–Crippen LogP) is 4.15. The number of nitrogens with one attached hydrogen (secondary N) is 3. The maximum absolute atomic E-state index is 14.1. The molecule has 7 nitrogen and oxygen atoms in total. The fraction of sp³-hybridized carbons (Fsp3) is 0.263. The van der Waals surface area contributed by atoms with E-state index < -0.39 is 55.5 Å².